The number of amides is 2. The molecule has 0 aliphatic carbocycles. The molecule has 10 rings (SSSR count). The number of allylic oxidation sites excluding steroid dienone is 3. The Bertz CT molecular complexity index is 2670. The maximum atomic E-state index is 14.3. The maximum absolute atomic E-state index is 14.3. The molecule has 10 bridgehead atoms. The molecule has 1 spiro atoms. The number of benzene rings is 3. The van der Waals surface area contributed by atoms with Crippen LogP contribution in [0.25, 0.3) is 44.9 Å². The van der Waals surface area contributed by atoms with Crippen LogP contribution in [0.5, 0.6) is 5.75 Å². The molecule has 0 saturated carbocycles. The largest absolute Gasteiger partial charge is 0.469 e. The summed E-state index contributed by atoms with van der Waals surface area (Å²) in [6.07, 6.45) is 8.65. The van der Waals surface area contributed by atoms with Crippen molar-refractivity contribution < 1.29 is 23.2 Å². The van der Waals surface area contributed by atoms with Crippen LogP contribution in [0.4, 0.5) is 5.69 Å². The lowest BCUT2D eigenvalue weighted by Crippen LogP contribution is -2.49. The SMILES string of the molecule is CC(C)=CCC/C(C)=C/C(=O)N[C@H]1Cc2ccc3c(c2)C24c5cccc(c5NC2O3)-c2cccc3[nH]cc(c23)-c2cnc(o2)-c2nc(oc24)[C@H](C(C)C)NC1=O. The van der Waals surface area contributed by atoms with Gasteiger partial charge in [0.05, 0.1) is 6.20 Å². The minimum Gasteiger partial charge on any atom is -0.469 e. The van der Waals surface area contributed by atoms with E-state index in [1.807, 2.05) is 39.1 Å². The van der Waals surface area contributed by atoms with Gasteiger partial charge in [-0.2, -0.15) is 0 Å². The highest BCUT2D eigenvalue weighted by molar-refractivity contribution is 6.07. The molecule has 0 radical (unpaired) electrons. The molecule has 56 heavy (non-hydrogen) atoms. The van der Waals surface area contributed by atoms with Gasteiger partial charge in [0.1, 0.15) is 23.2 Å². The number of carbonyl (C=O) groups excluding carboxylic acids is 2. The molecular formula is C45H42N6O5. The van der Waals surface area contributed by atoms with E-state index in [1.165, 1.54) is 5.57 Å². The van der Waals surface area contributed by atoms with Crippen LogP contribution in [0.15, 0.2) is 99.1 Å². The summed E-state index contributed by atoms with van der Waals surface area (Å²) in [7, 11) is 0. The van der Waals surface area contributed by atoms with Crippen LogP contribution in [-0.4, -0.2) is 39.0 Å². The second-order valence-electron chi connectivity index (χ2n) is 16.0. The van der Waals surface area contributed by atoms with Crippen molar-refractivity contribution in [2.75, 3.05) is 5.32 Å². The second kappa shape index (κ2) is 12.6. The standard InChI is InChI=1S/C45H42N6O5/c1-22(2)9-6-10-24(5)17-35(52)48-32-19-25-15-16-33-30(18-25)45-29-13-7-12-27(38(29)51-44(45)55-33)26-11-8-14-31-36(26)28(20-46-31)34-21-47-42(54-34)39-40(45)56-43(50-39)37(23(3)4)49-41(32)53/h7-9,11-18,20-21,23,32,37,44,46,51H,6,10,19H2,1-5H3,(H,48,52)(H,49,53)/b24-17+/t32-,37-,44?,45?/m0/s1. The molecule has 4 aliphatic heterocycles. The lowest BCUT2D eigenvalue weighted by atomic mass is 9.72. The fraction of sp³-hybridized carbons (Fsp3) is 0.289. The quantitative estimate of drug-likeness (QED) is 0.0981. The lowest BCUT2D eigenvalue weighted by molar-refractivity contribution is -0.128. The number of anilines is 1. The van der Waals surface area contributed by atoms with E-state index in [1.54, 1.807) is 12.3 Å². The van der Waals surface area contributed by atoms with E-state index in [9.17, 15) is 9.59 Å². The molecule has 3 aromatic carbocycles. The van der Waals surface area contributed by atoms with Gasteiger partial charge in [0, 0.05) is 57.5 Å². The number of para-hydroxylation sites is 1. The molecular weight excluding hydrogens is 705 g/mol. The first-order valence-electron chi connectivity index (χ1n) is 19.3. The maximum Gasteiger partial charge on any atom is 0.249 e. The Kier molecular flexibility index (Phi) is 7.68. The number of oxazole rings is 2. The minimum absolute atomic E-state index is 0.137. The summed E-state index contributed by atoms with van der Waals surface area (Å²) in [5.41, 5.74) is 9.05. The zero-order chi connectivity index (χ0) is 38.5. The predicted molar refractivity (Wildman–Crippen MR) is 213 cm³/mol. The Hall–Kier alpha value is -6.36. The Morgan fingerprint density at radius 1 is 1.02 bits per heavy atom. The Labute approximate surface area is 323 Å². The van der Waals surface area contributed by atoms with Gasteiger partial charge in [-0.05, 0) is 62.8 Å². The number of hydrogen-bond acceptors (Lipinski definition) is 8. The molecule has 0 saturated heterocycles. The number of nitrogens with zero attached hydrogens (tertiary/aromatic N) is 2. The summed E-state index contributed by atoms with van der Waals surface area (Å²) in [6.45, 7) is 10.1. The minimum atomic E-state index is -1.03. The van der Waals surface area contributed by atoms with E-state index < -0.39 is 23.7 Å². The van der Waals surface area contributed by atoms with Gasteiger partial charge < -0.3 is 34.5 Å². The average molecular weight is 747 g/mol. The van der Waals surface area contributed by atoms with Gasteiger partial charge in [-0.3, -0.25) is 9.59 Å². The smallest absolute Gasteiger partial charge is 0.249 e. The highest BCUT2D eigenvalue weighted by Crippen LogP contribution is 2.61. The second-order valence-corrected chi connectivity index (χ2v) is 16.0. The Morgan fingerprint density at radius 3 is 2.70 bits per heavy atom. The van der Waals surface area contributed by atoms with Crippen molar-refractivity contribution in [2.24, 2.45) is 5.92 Å². The first-order chi connectivity index (χ1) is 27.1. The molecule has 4 N–H and O–H groups in total. The summed E-state index contributed by atoms with van der Waals surface area (Å²) in [4.78, 5) is 41.3. The van der Waals surface area contributed by atoms with E-state index in [2.05, 4.69) is 83.3 Å². The molecule has 6 aromatic rings. The number of aromatic nitrogens is 3. The van der Waals surface area contributed by atoms with Crippen molar-refractivity contribution in [2.45, 2.75) is 77.6 Å². The van der Waals surface area contributed by atoms with E-state index >= 15 is 0 Å². The number of aromatic amines is 1. The zero-order valence-electron chi connectivity index (χ0n) is 31.9. The number of carbonyl (C=O) groups is 2. The molecule has 3 aromatic heterocycles. The van der Waals surface area contributed by atoms with Crippen molar-refractivity contribution in [1.29, 1.82) is 0 Å². The molecule has 4 aliphatic rings. The van der Waals surface area contributed by atoms with Gasteiger partial charge in [0.2, 0.25) is 23.6 Å². The third kappa shape index (κ3) is 5.09. The summed E-state index contributed by atoms with van der Waals surface area (Å²) in [5, 5.41) is 11.1. The number of ether oxygens (including phenoxy) is 1. The Balaban J connectivity index is 1.19. The molecule has 4 atom stereocenters. The van der Waals surface area contributed by atoms with Gasteiger partial charge in [-0.15, -0.1) is 0 Å². The number of nitrogens with one attached hydrogen (secondary N) is 4. The molecule has 2 unspecified atom stereocenters. The summed E-state index contributed by atoms with van der Waals surface area (Å²) < 4.78 is 20.5. The highest BCUT2D eigenvalue weighted by Gasteiger charge is 2.61. The Morgan fingerprint density at radius 2 is 1.86 bits per heavy atom. The summed E-state index contributed by atoms with van der Waals surface area (Å²) >= 11 is 0. The topological polar surface area (TPSA) is 147 Å². The van der Waals surface area contributed by atoms with Crippen LogP contribution in [0, 0.1) is 5.92 Å². The van der Waals surface area contributed by atoms with Gasteiger partial charge >= 0.3 is 0 Å². The first kappa shape index (κ1) is 34.2. The van der Waals surface area contributed by atoms with Crippen molar-refractivity contribution in [3.8, 4) is 39.8 Å². The fourth-order valence-electron chi connectivity index (χ4n) is 8.96. The van der Waals surface area contributed by atoms with E-state index in [0.717, 1.165) is 68.4 Å². The average Bonchev–Trinajstić information content (AvgIpc) is 3.99. The van der Waals surface area contributed by atoms with E-state index in [0.29, 0.717) is 34.7 Å². The molecule has 2 amide bonds. The molecule has 0 fully saturated rings. The van der Waals surface area contributed by atoms with Gasteiger partial charge in [-0.25, -0.2) is 9.97 Å². The molecule has 11 nitrogen and oxygen atoms in total. The van der Waals surface area contributed by atoms with E-state index in [-0.39, 0.29) is 24.2 Å². The number of fused-ring (bicyclic) bond motifs is 7. The predicted octanol–water partition coefficient (Wildman–Crippen LogP) is 8.48. The first-order valence-corrected chi connectivity index (χ1v) is 19.3. The number of hydrogen-bond donors (Lipinski definition) is 4. The summed E-state index contributed by atoms with van der Waals surface area (Å²) in [5.74, 6) is 1.58. The van der Waals surface area contributed by atoms with Crippen LogP contribution >= 0.6 is 0 Å². The fourth-order valence-corrected chi connectivity index (χ4v) is 8.96. The molecule has 7 heterocycles. The monoisotopic (exact) mass is 746 g/mol. The van der Waals surface area contributed by atoms with Crippen LogP contribution < -0.4 is 20.7 Å². The van der Waals surface area contributed by atoms with Gasteiger partial charge in [0.15, 0.2) is 23.4 Å². The van der Waals surface area contributed by atoms with Gasteiger partial charge in [0.25, 0.3) is 0 Å². The van der Waals surface area contributed by atoms with Crippen molar-refractivity contribution in [3.05, 3.63) is 119 Å². The highest BCUT2D eigenvalue weighted by atomic mass is 16.5. The van der Waals surface area contributed by atoms with Crippen LogP contribution in [-0.2, 0) is 21.4 Å². The number of rotatable bonds is 6. The van der Waals surface area contributed by atoms with Crippen LogP contribution in [0.1, 0.15) is 81.8 Å². The molecule has 282 valence electrons. The third-order valence-electron chi connectivity index (χ3n) is 11.6. The van der Waals surface area contributed by atoms with Crippen LogP contribution in [0.3, 0.4) is 0 Å². The van der Waals surface area contributed by atoms with Gasteiger partial charge in [-0.1, -0.05) is 73.5 Å². The van der Waals surface area contributed by atoms with Crippen molar-refractivity contribution in [1.82, 2.24) is 25.6 Å². The van der Waals surface area contributed by atoms with E-state index in [4.69, 9.17) is 23.5 Å². The van der Waals surface area contributed by atoms with Crippen molar-refractivity contribution in [3.63, 3.8) is 0 Å². The molecule has 11 heteroatoms. The van der Waals surface area contributed by atoms with Crippen molar-refractivity contribution >= 4 is 28.4 Å². The van der Waals surface area contributed by atoms with Crippen LogP contribution in [0.2, 0.25) is 0 Å². The third-order valence-corrected chi connectivity index (χ3v) is 11.6. The summed E-state index contributed by atoms with van der Waals surface area (Å²) in [6, 6.07) is 17.0. The number of H-pyrrole nitrogens is 1. The lowest BCUT2D eigenvalue weighted by Gasteiger charge is -2.28. The normalized spacial score (nSPS) is 21.4. The zero-order valence-corrected chi connectivity index (χ0v) is 31.9.